The fraction of sp³-hybridized carbons (Fsp3) is 0.675. The van der Waals surface area contributed by atoms with Crippen molar-refractivity contribution in [3.8, 4) is 0 Å². The van der Waals surface area contributed by atoms with Crippen molar-refractivity contribution in [2.45, 2.75) is 223 Å². The van der Waals surface area contributed by atoms with Crippen molar-refractivity contribution in [1.29, 1.82) is 0 Å². The van der Waals surface area contributed by atoms with Crippen molar-refractivity contribution in [3.63, 3.8) is 0 Å². The molecule has 0 aliphatic heterocycles. The molecule has 0 radical (unpaired) electrons. The second-order valence-electron chi connectivity index (χ2n) is 29.7. The van der Waals surface area contributed by atoms with Crippen molar-refractivity contribution in [1.82, 2.24) is 34.3 Å². The topological polar surface area (TPSA) is 655 Å². The van der Waals surface area contributed by atoms with E-state index >= 15 is 0 Å². The number of amides is 7. The molecule has 50 heteroatoms. The third kappa shape index (κ3) is 63.2. The Morgan fingerprint density at radius 1 is 0.291 bits per heavy atom. The summed E-state index contributed by atoms with van der Waals surface area (Å²) in [5.74, 6) is -2.78. The van der Waals surface area contributed by atoms with E-state index in [0.29, 0.717) is 160 Å². The number of rotatable bonds is 68. The first-order valence-electron chi connectivity index (χ1n) is 41.5. The van der Waals surface area contributed by atoms with Crippen molar-refractivity contribution in [2.75, 3.05) is 111 Å². The maximum absolute atomic E-state index is 12.7. The minimum atomic E-state index is -4.93. The summed E-state index contributed by atoms with van der Waals surface area (Å²) in [5.41, 5.74) is -0.602. The number of hydrogen-bond acceptors (Lipinski definition) is 19. The van der Waals surface area contributed by atoms with E-state index in [9.17, 15) is 109 Å². The van der Waals surface area contributed by atoms with Gasteiger partial charge >= 0.3 is 72.7 Å². The highest BCUT2D eigenvalue weighted by molar-refractivity contribution is 7.71. The molecule has 0 saturated heterocycles. The first kappa shape index (κ1) is 128. The normalized spacial score (nSPS) is 12.1. The van der Waals surface area contributed by atoms with Crippen LogP contribution < -0.4 is 0 Å². The van der Waals surface area contributed by atoms with Crippen LogP contribution in [0.2, 0.25) is 0 Å². The molecule has 7 amide bonds. The average Bonchev–Trinajstić information content (AvgIpc) is 0.847. The van der Waals surface area contributed by atoms with Gasteiger partial charge in [0.05, 0.1) is 24.9 Å². The fourth-order valence-electron chi connectivity index (χ4n) is 12.1. The fourth-order valence-corrected chi connectivity index (χ4v) is 22.6. The van der Waals surface area contributed by atoms with E-state index in [1.807, 2.05) is 20.8 Å². The molecule has 0 aliphatic rings. The number of unbranched alkanes of at least 4 members (excludes halogenated alkanes) is 14. The van der Waals surface area contributed by atoms with Crippen molar-refractivity contribution >= 4 is 114 Å². The van der Waals surface area contributed by atoms with Gasteiger partial charge in [-0.25, -0.2) is 9.59 Å². The van der Waals surface area contributed by atoms with E-state index in [0.717, 1.165) is 56.8 Å². The first-order valence-corrected chi connectivity index (χ1v) is 55.1. The molecule has 0 aromatic carbocycles. The van der Waals surface area contributed by atoms with Gasteiger partial charge in [0.15, 0.2) is 16.2 Å². The van der Waals surface area contributed by atoms with E-state index in [-0.39, 0.29) is 126 Å². The third-order valence-electron chi connectivity index (χ3n) is 19.0. The lowest BCUT2D eigenvalue weighted by molar-refractivity contribution is -0.141. The molecule has 0 aliphatic carbocycles. The SMILES string of the molecule is C=C(C)C(=O)N(CCCC)CCN(CCCCCC(CP(=O)(O)O)P(=O)(O)O)C(=O)C(=C)C.C=CC(=O)N(CCC)CCN(CCCCCCC(P(=O)(O)O)P(=O)(O)O)C(=O)C=C.C=CC(=O)OCCN(CCCCCCC(P(=O)(O)O)P(=O)(O)O)C(=O)C=C.C=CC(=O)OCCN(CCN(CCCCCCC(P(=O)(O)O)P(=O)(O)O)C(=O)C=C)C(=O)CCCCC. The summed E-state index contributed by atoms with van der Waals surface area (Å²) in [6.07, 6.45) is 17.5. The third-order valence-corrected chi connectivity index (χ3v) is 33.2. The highest BCUT2D eigenvalue weighted by Gasteiger charge is 2.45. The minimum absolute atomic E-state index is 0.00396. The lowest BCUT2D eigenvalue weighted by Crippen LogP contribution is -2.42. The van der Waals surface area contributed by atoms with Crippen LogP contribution in [-0.2, 0) is 89.1 Å². The molecule has 42 nitrogen and oxygen atoms in total. The van der Waals surface area contributed by atoms with Crippen molar-refractivity contribution in [3.05, 3.63) is 100 Å². The second-order valence-corrected chi connectivity index (χ2v) is 45.4. The molecule has 1 unspecified atom stereocenters. The Balaban J connectivity index is -0.000000799. The van der Waals surface area contributed by atoms with Gasteiger partial charge in [-0.05, 0) is 109 Å². The molecular weight excluding hydrogens is 1830 g/mol. The van der Waals surface area contributed by atoms with Crippen LogP contribution in [0, 0.1) is 0 Å². The van der Waals surface area contributed by atoms with E-state index < -0.39 is 101 Å². The Kier molecular flexibility index (Phi) is 67.8. The smallest absolute Gasteiger partial charge is 0.340 e. The molecule has 0 heterocycles. The summed E-state index contributed by atoms with van der Waals surface area (Å²) >= 11 is 0. The van der Waals surface area contributed by atoms with E-state index in [1.165, 1.54) is 28.0 Å². The van der Waals surface area contributed by atoms with Crippen molar-refractivity contribution in [2.24, 2.45) is 0 Å². The van der Waals surface area contributed by atoms with Crippen LogP contribution in [0.3, 0.4) is 0 Å². The van der Waals surface area contributed by atoms with Crippen LogP contribution in [0.15, 0.2) is 100 Å². The van der Waals surface area contributed by atoms with Gasteiger partial charge in [-0.2, -0.15) is 0 Å². The largest absolute Gasteiger partial charge is 0.461 e. The predicted octanol–water partition coefficient (Wildman–Crippen LogP) is 9.07. The molecule has 736 valence electrons. The number of ether oxygens (including phenoxy) is 2. The molecule has 16 N–H and O–H groups in total. The number of esters is 2. The molecule has 0 bridgehead atoms. The zero-order valence-electron chi connectivity index (χ0n) is 74.0. The van der Waals surface area contributed by atoms with Crippen LogP contribution in [0.4, 0.5) is 0 Å². The highest BCUT2D eigenvalue weighted by Crippen LogP contribution is 2.64. The Morgan fingerprint density at radius 3 is 0.827 bits per heavy atom. The van der Waals surface area contributed by atoms with Crippen molar-refractivity contribution < 1.29 is 167 Å². The minimum Gasteiger partial charge on any atom is -0.461 e. The average molecular weight is 1970 g/mol. The van der Waals surface area contributed by atoms with Gasteiger partial charge < -0.3 is 122 Å². The number of nitrogens with zero attached hydrogens (tertiary/aromatic N) is 7. The second kappa shape index (κ2) is 67.5. The maximum Gasteiger partial charge on any atom is 0.340 e. The molecule has 0 rings (SSSR count). The Morgan fingerprint density at radius 2 is 0.551 bits per heavy atom. The van der Waals surface area contributed by atoms with Crippen LogP contribution in [-0.4, -0.2) is 299 Å². The summed E-state index contributed by atoms with van der Waals surface area (Å²) in [7, 11) is -38.6. The summed E-state index contributed by atoms with van der Waals surface area (Å²) in [5, 5.41) is -5.97. The lowest BCUT2D eigenvalue weighted by atomic mass is 10.1. The molecule has 0 saturated carbocycles. The van der Waals surface area contributed by atoms with E-state index in [4.69, 9.17) is 58.4 Å². The summed E-state index contributed by atoms with van der Waals surface area (Å²) in [6, 6.07) is 0. The molecule has 127 heavy (non-hydrogen) atoms. The van der Waals surface area contributed by atoms with Crippen LogP contribution in [0.1, 0.15) is 202 Å². The molecular formula is C77H143N7O35P8. The monoisotopic (exact) mass is 1970 g/mol. The van der Waals surface area contributed by atoms with Crippen LogP contribution >= 0.6 is 60.8 Å². The molecule has 0 fully saturated rings. The van der Waals surface area contributed by atoms with Gasteiger partial charge in [-0.1, -0.05) is 163 Å². The molecule has 0 aromatic rings. The molecule has 0 spiro atoms. The number of carbonyl (C=O) groups is 9. The lowest BCUT2D eigenvalue weighted by Gasteiger charge is -2.28. The summed E-state index contributed by atoms with van der Waals surface area (Å²) < 4.78 is 100. The Hall–Kier alpha value is -5.65. The Bertz CT molecular complexity index is 3800. The van der Waals surface area contributed by atoms with Gasteiger partial charge in [-0.3, -0.25) is 70.1 Å². The Labute approximate surface area is 746 Å². The van der Waals surface area contributed by atoms with Gasteiger partial charge in [0.2, 0.25) is 41.4 Å². The zero-order valence-corrected chi connectivity index (χ0v) is 81.1. The van der Waals surface area contributed by atoms with Crippen LogP contribution in [0.5, 0.6) is 0 Å². The van der Waals surface area contributed by atoms with Gasteiger partial charge in [0, 0.05) is 108 Å². The van der Waals surface area contributed by atoms with Crippen LogP contribution in [0.25, 0.3) is 0 Å². The number of carbonyl (C=O) groups excluding carboxylic acids is 9. The van der Waals surface area contributed by atoms with Gasteiger partial charge in [-0.15, -0.1) is 0 Å². The molecule has 0 aromatic heterocycles. The number of hydrogen-bond donors (Lipinski definition) is 16. The quantitative estimate of drug-likeness (QED) is 0.0117. The molecule has 1 atom stereocenters. The first-order chi connectivity index (χ1) is 58.7. The standard InChI is InChI=1S/C23H42N2O10P2.C21H40N2O8P2.C18H34N2O8P2.C15H27NO9P2/c1-4-7-10-13-21(27)25(18-19-35-22(28)6-3)17-16-24(20(26)5-2)15-12-9-8-11-14-23(36(29,30)31)37(32,33)34;1-6-7-12-22(20(24)17(2)3)14-15-23(21(25)18(4)5)13-10-8-9-11-19(33(29,30)31)16-32(26,27)28;1-4-12-19(16(21)5-2)14-15-20(17(22)6-3)13-10-8-7-9-11-18(29(23,24)25)30(26,27)28;1-3-13(17)16(11-12-25-14(18)4-2)10-8-6-5-7-9-15(26(19,20)21)27(22,23)24/h5-6,23H,2-4,7-19H2,1H3,(H2,29,30,31)(H2,32,33,34);19H,2,4,6-16H2,1,3,5H3,(H2,26,27,28)(H2,29,30,31);5-6,18H,2-4,7-15H2,1H3,(H2,23,24,25)(H2,26,27,28);3-4,15H,1-2,5-12H2,(H2,19,20,21)(H2,22,23,24). The summed E-state index contributed by atoms with van der Waals surface area (Å²) in [4.78, 5) is 265. The van der Waals surface area contributed by atoms with Gasteiger partial charge in [0.25, 0.3) is 0 Å². The van der Waals surface area contributed by atoms with E-state index in [2.05, 4.69) is 52.6 Å². The maximum atomic E-state index is 12.7. The summed E-state index contributed by atoms with van der Waals surface area (Å²) in [6.45, 7) is 42.0. The van der Waals surface area contributed by atoms with Gasteiger partial charge in [0.1, 0.15) is 13.2 Å². The van der Waals surface area contributed by atoms with E-state index in [1.54, 1.807) is 38.3 Å². The predicted molar refractivity (Wildman–Crippen MR) is 482 cm³/mol. The highest BCUT2D eigenvalue weighted by atomic mass is 31.3. The zero-order chi connectivity index (χ0) is 98.8.